The van der Waals surface area contributed by atoms with Crippen LogP contribution in [-0.2, 0) is 10.0 Å². The van der Waals surface area contributed by atoms with Gasteiger partial charge in [0.25, 0.3) is 10.0 Å². The smallest absolute Gasteiger partial charge is 0.512 e. The Balaban J connectivity index is 1.97. The minimum Gasteiger partial charge on any atom is -0.512 e. The molecule has 31 heavy (non-hydrogen) atoms. The molecule has 0 amide bonds. The topological polar surface area (TPSA) is 95.9 Å². The predicted octanol–water partition coefficient (Wildman–Crippen LogP) is 5.41. The molecule has 3 aromatic carbocycles. The number of alkyl halides is 3. The lowest BCUT2D eigenvalue weighted by atomic mass is 10.1. The second-order valence-electron chi connectivity index (χ2n) is 6.30. The van der Waals surface area contributed by atoms with Gasteiger partial charge in [0.05, 0.1) is 27.0 Å². The summed E-state index contributed by atoms with van der Waals surface area (Å²) in [5, 5.41) is 20.6. The molecule has 0 aromatic heterocycles. The van der Waals surface area contributed by atoms with Crippen molar-refractivity contribution in [2.75, 3.05) is 10.5 Å². The molecule has 0 bridgehead atoms. The van der Waals surface area contributed by atoms with Crippen LogP contribution < -0.4 is 9.46 Å². The van der Waals surface area contributed by atoms with Gasteiger partial charge in [0.15, 0.2) is 0 Å². The molecule has 0 unspecified atom stereocenters. The molecule has 0 saturated carbocycles. The number of hydrogen-bond acceptors (Lipinski definition) is 6. The molecule has 0 fully saturated rings. The maximum absolute atomic E-state index is 12.8. The summed E-state index contributed by atoms with van der Waals surface area (Å²) in [7, 11) is -4.17. The van der Waals surface area contributed by atoms with E-state index < -0.39 is 22.1 Å². The van der Waals surface area contributed by atoms with E-state index in [0.717, 1.165) is 36.0 Å². The lowest BCUT2D eigenvalue weighted by molar-refractivity contribution is -0.274. The van der Waals surface area contributed by atoms with Gasteiger partial charge in [-0.05, 0) is 30.3 Å². The Bertz CT molecular complexity index is 1230. The molecular weight excluding hydrogens is 455 g/mol. The summed E-state index contributed by atoms with van der Waals surface area (Å²) in [6, 6.07) is 11.7. The number of rotatable bonds is 7. The van der Waals surface area contributed by atoms with Gasteiger partial charge in [-0.3, -0.25) is 4.72 Å². The molecule has 0 spiro atoms. The number of thioether (sulfide) groups is 1. The first-order valence-corrected chi connectivity index (χ1v) is 11.1. The number of sulfonamides is 1. The Morgan fingerprint density at radius 2 is 1.71 bits per heavy atom. The number of phenolic OH excluding ortho intramolecular Hbond substituents is 1. The Morgan fingerprint density at radius 3 is 2.29 bits per heavy atom. The minimum atomic E-state index is -4.89. The lowest BCUT2D eigenvalue weighted by Gasteiger charge is -2.15. The molecule has 0 aliphatic heterocycles. The molecular formula is C20H16F3NO5S2. The summed E-state index contributed by atoms with van der Waals surface area (Å²) < 4.78 is 68.7. The van der Waals surface area contributed by atoms with E-state index in [2.05, 4.69) is 16.0 Å². The van der Waals surface area contributed by atoms with Crippen LogP contribution in [0.15, 0.2) is 76.7 Å². The third kappa shape index (κ3) is 5.56. The first-order chi connectivity index (χ1) is 14.5. The molecule has 3 aromatic rings. The third-order valence-corrected chi connectivity index (χ3v) is 6.47. The molecule has 0 saturated heterocycles. The van der Waals surface area contributed by atoms with Crippen LogP contribution in [0.25, 0.3) is 10.8 Å². The van der Waals surface area contributed by atoms with Gasteiger partial charge in [0.2, 0.25) is 0 Å². The van der Waals surface area contributed by atoms with E-state index in [4.69, 9.17) is 0 Å². The molecule has 6 nitrogen and oxygen atoms in total. The van der Waals surface area contributed by atoms with E-state index in [-0.39, 0.29) is 27.8 Å². The Hall–Kier alpha value is -3.05. The zero-order valence-electron chi connectivity index (χ0n) is 15.7. The average molecular weight is 471 g/mol. The monoisotopic (exact) mass is 471 g/mol. The van der Waals surface area contributed by atoms with Crippen molar-refractivity contribution in [2.24, 2.45) is 0 Å². The van der Waals surface area contributed by atoms with Gasteiger partial charge in [-0.1, -0.05) is 30.8 Å². The number of aromatic hydroxyl groups is 1. The number of phenols is 1. The number of nitrogens with one attached hydrogen (secondary N) is 1. The summed E-state index contributed by atoms with van der Waals surface area (Å²) in [5.74, 6) is -0.678. The van der Waals surface area contributed by atoms with Crippen molar-refractivity contribution in [2.45, 2.75) is 16.2 Å². The molecule has 164 valence electrons. The minimum absolute atomic E-state index is 0.0821. The van der Waals surface area contributed by atoms with Crippen molar-refractivity contribution < 1.29 is 36.5 Å². The van der Waals surface area contributed by atoms with Crippen LogP contribution in [0.1, 0.15) is 0 Å². The van der Waals surface area contributed by atoms with Gasteiger partial charge in [-0.2, -0.15) is 0 Å². The van der Waals surface area contributed by atoms with E-state index in [0.29, 0.717) is 15.7 Å². The van der Waals surface area contributed by atoms with Gasteiger partial charge in [0, 0.05) is 10.8 Å². The van der Waals surface area contributed by atoms with E-state index in [1.165, 1.54) is 6.07 Å². The first-order valence-electron chi connectivity index (χ1n) is 8.59. The van der Waals surface area contributed by atoms with E-state index in [1.807, 2.05) is 0 Å². The Kier molecular flexibility index (Phi) is 6.27. The summed E-state index contributed by atoms with van der Waals surface area (Å²) in [5.41, 5.74) is 0.148. The fraction of sp³-hybridized carbons (Fsp3) is 0.100. The molecule has 0 aliphatic carbocycles. The Morgan fingerprint density at radius 1 is 1.10 bits per heavy atom. The SMILES string of the molecule is C=C(O)CSc1cc(NS(=O)(=O)c2ccc(OC(F)(F)F)cc2)c2ccccc2c1O. The van der Waals surface area contributed by atoms with Gasteiger partial charge >= 0.3 is 6.36 Å². The van der Waals surface area contributed by atoms with Crippen LogP contribution in [0.3, 0.4) is 0 Å². The van der Waals surface area contributed by atoms with Crippen molar-refractivity contribution in [3.8, 4) is 11.5 Å². The summed E-state index contributed by atoms with van der Waals surface area (Å²) in [4.78, 5) is 0.0256. The first kappa shape index (κ1) is 22.6. The van der Waals surface area contributed by atoms with Gasteiger partial charge < -0.3 is 14.9 Å². The van der Waals surface area contributed by atoms with Crippen molar-refractivity contribution >= 4 is 38.2 Å². The van der Waals surface area contributed by atoms with Crippen molar-refractivity contribution in [3.63, 3.8) is 0 Å². The quantitative estimate of drug-likeness (QED) is 0.242. The number of fused-ring (bicyclic) bond motifs is 1. The number of aliphatic hydroxyl groups is 1. The summed E-state index contributed by atoms with van der Waals surface area (Å²) in [6.45, 7) is 3.37. The van der Waals surface area contributed by atoms with Crippen LogP contribution in [0, 0.1) is 0 Å². The number of benzene rings is 3. The van der Waals surface area contributed by atoms with Gasteiger partial charge in [-0.25, -0.2) is 8.42 Å². The highest BCUT2D eigenvalue weighted by molar-refractivity contribution is 7.99. The van der Waals surface area contributed by atoms with E-state index >= 15 is 0 Å². The van der Waals surface area contributed by atoms with Crippen LogP contribution in [0.2, 0.25) is 0 Å². The maximum Gasteiger partial charge on any atom is 0.573 e. The zero-order valence-corrected chi connectivity index (χ0v) is 17.3. The number of halogens is 3. The molecule has 3 N–H and O–H groups in total. The largest absolute Gasteiger partial charge is 0.573 e. The van der Waals surface area contributed by atoms with Crippen LogP contribution in [0.4, 0.5) is 18.9 Å². The van der Waals surface area contributed by atoms with Crippen LogP contribution in [-0.4, -0.2) is 30.7 Å². The number of ether oxygens (including phenoxy) is 1. The molecule has 3 rings (SSSR count). The van der Waals surface area contributed by atoms with Gasteiger partial charge in [0.1, 0.15) is 11.5 Å². The maximum atomic E-state index is 12.8. The molecule has 11 heteroatoms. The van der Waals surface area contributed by atoms with Crippen molar-refractivity contribution in [1.29, 1.82) is 0 Å². The van der Waals surface area contributed by atoms with Gasteiger partial charge in [-0.15, -0.1) is 24.9 Å². The highest BCUT2D eigenvalue weighted by Gasteiger charge is 2.31. The summed E-state index contributed by atoms with van der Waals surface area (Å²) in [6.07, 6.45) is -4.89. The second-order valence-corrected chi connectivity index (χ2v) is 9.00. The fourth-order valence-electron chi connectivity index (χ4n) is 2.71. The standard InChI is InChI=1S/C20H16F3NO5S2/c1-12(25)11-30-18-10-17(15-4-2-3-5-16(15)19(18)26)24-31(27,28)14-8-6-13(7-9-14)29-20(21,22)23/h2-10,24-26H,1,11H2. The normalized spacial score (nSPS) is 12.0. The fourth-order valence-corrected chi connectivity index (χ4v) is 4.55. The third-order valence-electron chi connectivity index (χ3n) is 3.99. The molecule has 0 heterocycles. The lowest BCUT2D eigenvalue weighted by Crippen LogP contribution is -2.17. The molecule has 0 radical (unpaired) electrons. The summed E-state index contributed by atoms with van der Waals surface area (Å²) >= 11 is 1.06. The van der Waals surface area contributed by atoms with Crippen LogP contribution >= 0.6 is 11.8 Å². The number of hydrogen-bond donors (Lipinski definition) is 3. The predicted molar refractivity (Wildman–Crippen MR) is 112 cm³/mol. The van der Waals surface area contributed by atoms with E-state index in [1.54, 1.807) is 24.3 Å². The second kappa shape index (κ2) is 8.60. The van der Waals surface area contributed by atoms with Crippen molar-refractivity contribution in [3.05, 3.63) is 66.9 Å². The van der Waals surface area contributed by atoms with E-state index in [9.17, 15) is 31.8 Å². The zero-order chi connectivity index (χ0) is 22.8. The van der Waals surface area contributed by atoms with Crippen molar-refractivity contribution in [1.82, 2.24) is 0 Å². The number of anilines is 1. The number of aliphatic hydroxyl groups excluding tert-OH is 1. The molecule has 0 aliphatic rings. The molecule has 0 atom stereocenters. The van der Waals surface area contributed by atoms with Crippen LogP contribution in [0.5, 0.6) is 11.5 Å². The Labute approximate surface area is 180 Å². The highest BCUT2D eigenvalue weighted by Crippen LogP contribution is 2.40. The highest BCUT2D eigenvalue weighted by atomic mass is 32.2. The average Bonchev–Trinajstić information content (AvgIpc) is 2.68.